The van der Waals surface area contributed by atoms with Crippen molar-refractivity contribution >= 4 is 6.29 Å². The molecule has 0 atom stereocenters. The number of ether oxygens (including phenoxy) is 1. The van der Waals surface area contributed by atoms with Gasteiger partial charge in [-0.1, -0.05) is 25.6 Å². The molecular weight excluding hydrogens is 152 g/mol. The van der Waals surface area contributed by atoms with Crippen LogP contribution in [0.15, 0.2) is 30.3 Å². The molecule has 0 saturated heterocycles. The molecule has 2 heteroatoms. The van der Waals surface area contributed by atoms with Crippen molar-refractivity contribution in [2.75, 3.05) is 6.61 Å². The molecule has 2 nitrogen and oxygen atoms in total. The average molecular weight is 166 g/mol. The largest absolute Gasteiger partial charge is 0.493 e. The topological polar surface area (TPSA) is 26.3 Å². The second-order valence-corrected chi connectivity index (χ2v) is 2.12. The molecule has 0 N–H and O–H groups in total. The molecule has 1 aromatic rings. The molecular formula is C10H14O2. The molecule has 0 aliphatic rings. The third-order valence-corrected chi connectivity index (χ3v) is 1.25. The first kappa shape index (κ1) is 10.7. The van der Waals surface area contributed by atoms with Crippen LogP contribution in [-0.2, 0) is 4.79 Å². The summed E-state index contributed by atoms with van der Waals surface area (Å²) in [4.78, 5) is 9.92. The van der Waals surface area contributed by atoms with Crippen LogP contribution in [0, 0.1) is 0 Å². The number of benzene rings is 1. The van der Waals surface area contributed by atoms with E-state index in [0.717, 1.165) is 12.0 Å². The molecule has 66 valence electrons. The van der Waals surface area contributed by atoms with Crippen LogP contribution in [0.2, 0.25) is 0 Å². The summed E-state index contributed by atoms with van der Waals surface area (Å²) in [6.45, 7) is 0.466. The van der Waals surface area contributed by atoms with E-state index < -0.39 is 0 Å². The predicted molar refractivity (Wildman–Crippen MR) is 49.3 cm³/mol. The van der Waals surface area contributed by atoms with Crippen LogP contribution in [0.1, 0.15) is 13.8 Å². The van der Waals surface area contributed by atoms with E-state index in [1.807, 2.05) is 30.3 Å². The number of aldehydes is 1. The van der Waals surface area contributed by atoms with Gasteiger partial charge in [0.1, 0.15) is 12.0 Å². The fraction of sp³-hybridized carbons (Fsp3) is 0.300. The fourth-order valence-corrected chi connectivity index (χ4v) is 0.742. The van der Waals surface area contributed by atoms with Crippen molar-refractivity contribution < 1.29 is 9.53 Å². The van der Waals surface area contributed by atoms with Crippen LogP contribution in [-0.4, -0.2) is 12.9 Å². The summed E-state index contributed by atoms with van der Waals surface area (Å²) >= 11 is 0. The minimum absolute atomic E-state index is 0. The molecule has 1 rings (SSSR count). The summed E-state index contributed by atoms with van der Waals surface area (Å²) in [5.74, 6) is 0.814. The van der Waals surface area contributed by atoms with Crippen LogP contribution < -0.4 is 4.74 Å². The van der Waals surface area contributed by atoms with Gasteiger partial charge in [-0.05, 0) is 12.1 Å². The van der Waals surface area contributed by atoms with Gasteiger partial charge in [0.15, 0.2) is 0 Å². The quantitative estimate of drug-likeness (QED) is 0.506. The van der Waals surface area contributed by atoms with Crippen LogP contribution in [0.5, 0.6) is 5.75 Å². The Morgan fingerprint density at radius 3 is 2.50 bits per heavy atom. The first-order valence-corrected chi connectivity index (χ1v) is 3.55. The highest BCUT2D eigenvalue weighted by Gasteiger charge is 1.88. The molecule has 0 radical (unpaired) electrons. The van der Waals surface area contributed by atoms with E-state index in [-0.39, 0.29) is 7.43 Å². The summed E-state index contributed by atoms with van der Waals surface area (Å²) < 4.78 is 5.22. The van der Waals surface area contributed by atoms with E-state index in [0.29, 0.717) is 13.0 Å². The maximum Gasteiger partial charge on any atom is 0.123 e. The number of carbonyl (C=O) groups is 1. The Morgan fingerprint density at radius 1 is 1.25 bits per heavy atom. The van der Waals surface area contributed by atoms with Crippen molar-refractivity contribution in [3.05, 3.63) is 30.3 Å². The highest BCUT2D eigenvalue weighted by atomic mass is 16.5. The molecule has 0 aromatic heterocycles. The molecule has 0 aliphatic heterocycles. The van der Waals surface area contributed by atoms with Crippen molar-refractivity contribution in [3.8, 4) is 5.75 Å². The Balaban J connectivity index is 0.00000121. The lowest BCUT2D eigenvalue weighted by atomic mass is 10.3. The highest BCUT2D eigenvalue weighted by Crippen LogP contribution is 2.07. The van der Waals surface area contributed by atoms with Crippen molar-refractivity contribution in [2.24, 2.45) is 0 Å². The molecule has 0 heterocycles. The van der Waals surface area contributed by atoms with Gasteiger partial charge in [-0.25, -0.2) is 0 Å². The predicted octanol–water partition coefficient (Wildman–Crippen LogP) is 2.29. The number of hydrogen-bond acceptors (Lipinski definition) is 2. The van der Waals surface area contributed by atoms with Crippen LogP contribution in [0.25, 0.3) is 0 Å². The van der Waals surface area contributed by atoms with Gasteiger partial charge in [-0.15, -0.1) is 0 Å². The maximum absolute atomic E-state index is 9.92. The molecule has 0 bridgehead atoms. The second-order valence-electron chi connectivity index (χ2n) is 2.12. The molecule has 0 unspecified atom stereocenters. The normalized spacial score (nSPS) is 8.33. The monoisotopic (exact) mass is 166 g/mol. The zero-order valence-electron chi connectivity index (χ0n) is 6.19. The number of para-hydroxylation sites is 1. The summed E-state index contributed by atoms with van der Waals surface area (Å²) in [5, 5.41) is 0. The van der Waals surface area contributed by atoms with Crippen molar-refractivity contribution in [1.82, 2.24) is 0 Å². The molecule has 1 aromatic carbocycles. The minimum atomic E-state index is 0. The number of carbonyl (C=O) groups excluding carboxylic acids is 1. The van der Waals surface area contributed by atoms with Crippen LogP contribution in [0.4, 0.5) is 0 Å². The molecule has 0 spiro atoms. The van der Waals surface area contributed by atoms with Crippen molar-refractivity contribution in [3.63, 3.8) is 0 Å². The van der Waals surface area contributed by atoms with E-state index in [4.69, 9.17) is 4.74 Å². The Kier molecular flexibility index (Phi) is 5.70. The highest BCUT2D eigenvalue weighted by molar-refractivity contribution is 5.49. The van der Waals surface area contributed by atoms with E-state index >= 15 is 0 Å². The number of hydrogen-bond donors (Lipinski definition) is 0. The molecule has 0 amide bonds. The van der Waals surface area contributed by atoms with E-state index in [1.54, 1.807) is 0 Å². The van der Waals surface area contributed by atoms with Crippen molar-refractivity contribution in [1.29, 1.82) is 0 Å². The second kappa shape index (κ2) is 6.40. The van der Waals surface area contributed by atoms with Crippen LogP contribution in [0.3, 0.4) is 0 Å². The lowest BCUT2D eigenvalue weighted by Gasteiger charge is -2.01. The Hall–Kier alpha value is -1.31. The Bertz CT molecular complexity index is 206. The Labute approximate surface area is 73.2 Å². The van der Waals surface area contributed by atoms with Gasteiger partial charge in [0, 0.05) is 6.42 Å². The van der Waals surface area contributed by atoms with E-state index in [1.165, 1.54) is 0 Å². The maximum atomic E-state index is 9.92. The van der Waals surface area contributed by atoms with Gasteiger partial charge in [-0.3, -0.25) is 0 Å². The third kappa shape index (κ3) is 3.76. The van der Waals surface area contributed by atoms with Gasteiger partial charge in [0.2, 0.25) is 0 Å². The zero-order valence-corrected chi connectivity index (χ0v) is 6.19. The molecule has 0 fully saturated rings. The first-order valence-electron chi connectivity index (χ1n) is 3.55. The van der Waals surface area contributed by atoms with E-state index in [2.05, 4.69) is 0 Å². The lowest BCUT2D eigenvalue weighted by Crippen LogP contribution is -1.96. The molecule has 0 saturated carbocycles. The van der Waals surface area contributed by atoms with E-state index in [9.17, 15) is 4.79 Å². The minimum Gasteiger partial charge on any atom is -0.493 e. The summed E-state index contributed by atoms with van der Waals surface area (Å²) in [6, 6.07) is 9.45. The van der Waals surface area contributed by atoms with Gasteiger partial charge in [-0.2, -0.15) is 0 Å². The zero-order chi connectivity index (χ0) is 7.94. The summed E-state index contributed by atoms with van der Waals surface area (Å²) in [6.07, 6.45) is 1.30. The smallest absolute Gasteiger partial charge is 0.123 e. The van der Waals surface area contributed by atoms with Gasteiger partial charge in [0.25, 0.3) is 0 Å². The summed E-state index contributed by atoms with van der Waals surface area (Å²) in [5.41, 5.74) is 0. The lowest BCUT2D eigenvalue weighted by molar-refractivity contribution is -0.108. The van der Waals surface area contributed by atoms with Crippen molar-refractivity contribution in [2.45, 2.75) is 13.8 Å². The van der Waals surface area contributed by atoms with Gasteiger partial charge in [0.05, 0.1) is 6.61 Å². The fourth-order valence-electron chi connectivity index (χ4n) is 0.742. The molecule has 12 heavy (non-hydrogen) atoms. The summed E-state index contributed by atoms with van der Waals surface area (Å²) in [7, 11) is 0. The molecule has 0 aliphatic carbocycles. The first-order chi connectivity index (χ1) is 5.43. The number of rotatable bonds is 4. The standard InChI is InChI=1S/C9H10O2.CH4/c10-7-4-8-11-9-5-2-1-3-6-9;/h1-3,5-7H,4,8H2;1H4. The third-order valence-electron chi connectivity index (χ3n) is 1.25. The SMILES string of the molecule is C.O=CCCOc1ccccc1. The Morgan fingerprint density at radius 2 is 1.92 bits per heavy atom. The average Bonchev–Trinajstić information content (AvgIpc) is 2.07. The van der Waals surface area contributed by atoms with Gasteiger partial charge < -0.3 is 9.53 Å². The van der Waals surface area contributed by atoms with Gasteiger partial charge >= 0.3 is 0 Å². The van der Waals surface area contributed by atoms with Crippen LogP contribution >= 0.6 is 0 Å².